The van der Waals surface area contributed by atoms with Gasteiger partial charge in [0.15, 0.2) is 5.82 Å². The zero-order valence-electron chi connectivity index (χ0n) is 20.4. The van der Waals surface area contributed by atoms with Gasteiger partial charge in [-0.25, -0.2) is 9.07 Å². The van der Waals surface area contributed by atoms with Crippen molar-refractivity contribution in [2.24, 2.45) is 0 Å². The van der Waals surface area contributed by atoms with Gasteiger partial charge in [-0.05, 0) is 65.9 Å². The largest absolute Gasteiger partial charge is 0.367 e. The first kappa shape index (κ1) is 22.8. The molecule has 186 valence electrons. The maximum absolute atomic E-state index is 14.4. The van der Waals surface area contributed by atoms with Crippen LogP contribution in [-0.2, 0) is 0 Å². The van der Waals surface area contributed by atoms with Gasteiger partial charge in [0.1, 0.15) is 11.9 Å². The molecule has 1 saturated carbocycles. The molecule has 2 aromatic carbocycles. The summed E-state index contributed by atoms with van der Waals surface area (Å²) in [6.07, 6.45) is 4.40. The Morgan fingerprint density at radius 3 is 2.58 bits per heavy atom. The number of rotatable bonds is 5. The van der Waals surface area contributed by atoms with Gasteiger partial charge in [0.25, 0.3) is 5.56 Å². The number of hydrogen-bond donors (Lipinski definition) is 1. The Hall–Kier alpha value is -3.59. The number of fused-ring (bicyclic) bond motifs is 1. The number of tetrazole rings is 1. The highest BCUT2D eigenvalue weighted by Gasteiger charge is 2.35. The Bertz CT molecular complexity index is 1430. The quantitative estimate of drug-likeness (QED) is 0.458. The van der Waals surface area contributed by atoms with Crippen LogP contribution in [0.1, 0.15) is 54.7 Å². The molecule has 1 aliphatic heterocycles. The van der Waals surface area contributed by atoms with Gasteiger partial charge in [0.05, 0.1) is 11.7 Å². The average Bonchev–Trinajstić information content (AvgIpc) is 3.58. The van der Waals surface area contributed by atoms with Crippen LogP contribution in [0.4, 0.5) is 10.1 Å². The first-order valence-electron chi connectivity index (χ1n) is 12.7. The summed E-state index contributed by atoms with van der Waals surface area (Å²) in [5.74, 6) is 0.493. The molecule has 1 atom stereocenters. The molecule has 1 N–H and O–H groups in total. The normalized spacial score (nSPS) is 18.2. The van der Waals surface area contributed by atoms with Crippen LogP contribution in [0, 0.1) is 12.7 Å². The molecule has 4 aromatic rings. The van der Waals surface area contributed by atoms with E-state index in [0.29, 0.717) is 43.3 Å². The molecule has 0 bridgehead atoms. The van der Waals surface area contributed by atoms with E-state index in [2.05, 4.69) is 36.4 Å². The fraction of sp³-hybridized carbons (Fsp3) is 0.407. The smallest absolute Gasteiger partial charge is 0.253 e. The van der Waals surface area contributed by atoms with Gasteiger partial charge >= 0.3 is 0 Å². The average molecular weight is 488 g/mol. The molecule has 8 nitrogen and oxygen atoms in total. The molecule has 36 heavy (non-hydrogen) atoms. The van der Waals surface area contributed by atoms with Gasteiger partial charge in [-0.3, -0.25) is 9.69 Å². The number of anilines is 1. The van der Waals surface area contributed by atoms with E-state index in [1.165, 1.54) is 6.07 Å². The predicted octanol–water partition coefficient (Wildman–Crippen LogP) is 3.99. The van der Waals surface area contributed by atoms with Crippen LogP contribution in [0.3, 0.4) is 0 Å². The van der Waals surface area contributed by atoms with Crippen molar-refractivity contribution >= 4 is 16.6 Å². The molecule has 0 spiro atoms. The number of piperazine rings is 1. The van der Waals surface area contributed by atoms with Crippen molar-refractivity contribution in [3.05, 3.63) is 81.7 Å². The minimum Gasteiger partial charge on any atom is -0.367 e. The lowest BCUT2D eigenvalue weighted by molar-refractivity contribution is 0.196. The number of para-hydroxylation sites is 1. The summed E-state index contributed by atoms with van der Waals surface area (Å²) in [6, 6.07) is 14.8. The molecular formula is C27H30FN7O. The van der Waals surface area contributed by atoms with Gasteiger partial charge in [-0.15, -0.1) is 5.10 Å². The van der Waals surface area contributed by atoms with Crippen LogP contribution in [0.25, 0.3) is 10.9 Å². The van der Waals surface area contributed by atoms with Gasteiger partial charge < -0.3 is 9.88 Å². The first-order valence-corrected chi connectivity index (χ1v) is 12.7. The van der Waals surface area contributed by atoms with Crippen molar-refractivity contribution in [3.8, 4) is 0 Å². The van der Waals surface area contributed by atoms with Crippen LogP contribution in [-0.4, -0.2) is 56.3 Å². The van der Waals surface area contributed by atoms with Crippen molar-refractivity contribution in [3.63, 3.8) is 0 Å². The highest BCUT2D eigenvalue weighted by atomic mass is 19.1. The topological polar surface area (TPSA) is 82.9 Å². The van der Waals surface area contributed by atoms with E-state index >= 15 is 0 Å². The second-order valence-electron chi connectivity index (χ2n) is 9.94. The van der Waals surface area contributed by atoms with E-state index in [4.69, 9.17) is 0 Å². The van der Waals surface area contributed by atoms with Crippen molar-refractivity contribution in [2.45, 2.75) is 44.7 Å². The molecule has 9 heteroatoms. The van der Waals surface area contributed by atoms with Crippen molar-refractivity contribution in [1.29, 1.82) is 0 Å². The lowest BCUT2D eigenvalue weighted by Crippen LogP contribution is -2.49. The maximum Gasteiger partial charge on any atom is 0.253 e. The minimum atomic E-state index is -0.392. The zero-order chi connectivity index (χ0) is 24.6. The second kappa shape index (κ2) is 9.46. The number of H-pyrrole nitrogens is 1. The molecule has 3 heterocycles. The summed E-state index contributed by atoms with van der Waals surface area (Å²) >= 11 is 0. The summed E-state index contributed by atoms with van der Waals surface area (Å²) in [6.45, 7) is 4.65. The molecule has 2 aliphatic rings. The van der Waals surface area contributed by atoms with E-state index in [0.717, 1.165) is 42.1 Å². The summed E-state index contributed by atoms with van der Waals surface area (Å²) in [5.41, 5.74) is 3.07. The maximum atomic E-state index is 14.4. The molecule has 0 radical (unpaired) electrons. The zero-order valence-corrected chi connectivity index (χ0v) is 20.4. The van der Waals surface area contributed by atoms with Crippen molar-refractivity contribution < 1.29 is 4.39 Å². The molecule has 6 rings (SSSR count). The number of hydrogen-bond acceptors (Lipinski definition) is 6. The molecule has 0 amide bonds. The molecule has 1 aliphatic carbocycles. The molecule has 2 fully saturated rings. The molecule has 2 aromatic heterocycles. The molecular weight excluding hydrogens is 457 g/mol. The SMILES string of the molecule is Cc1ccc2[nH]c(=O)c([C@@H](c3nnnn3C3CCCC3)N3CCN(c4ccccc4F)CC3)cc2c1. The van der Waals surface area contributed by atoms with E-state index in [-0.39, 0.29) is 17.4 Å². The number of aromatic nitrogens is 5. The van der Waals surface area contributed by atoms with E-state index in [1.54, 1.807) is 6.07 Å². The Morgan fingerprint density at radius 1 is 1.03 bits per heavy atom. The standard InChI is InChI=1S/C27H30FN7O/c1-18-10-11-23-19(16-18)17-21(27(36)29-23)25(26-30-31-32-35(26)20-6-2-3-7-20)34-14-12-33(13-15-34)24-9-5-4-8-22(24)28/h4-5,8-11,16-17,20,25H,2-3,6-7,12-15H2,1H3,(H,29,36)/t25-/m0/s1. The third kappa shape index (κ3) is 4.17. The lowest BCUT2D eigenvalue weighted by atomic mass is 10.0. The summed E-state index contributed by atoms with van der Waals surface area (Å²) in [7, 11) is 0. The van der Waals surface area contributed by atoms with Crippen LogP contribution in [0.2, 0.25) is 0 Å². The van der Waals surface area contributed by atoms with Crippen LogP contribution in [0.5, 0.6) is 0 Å². The van der Waals surface area contributed by atoms with Gasteiger partial charge in [0.2, 0.25) is 0 Å². The molecule has 0 unspecified atom stereocenters. The van der Waals surface area contributed by atoms with Gasteiger partial charge in [0, 0.05) is 37.3 Å². The van der Waals surface area contributed by atoms with Crippen LogP contribution >= 0.6 is 0 Å². The number of halogens is 1. The Kier molecular flexibility index (Phi) is 6.00. The fourth-order valence-electron chi connectivity index (χ4n) is 5.76. The first-order chi connectivity index (χ1) is 17.6. The third-order valence-electron chi connectivity index (χ3n) is 7.63. The third-order valence-corrected chi connectivity index (χ3v) is 7.63. The van der Waals surface area contributed by atoms with E-state index in [1.807, 2.05) is 41.9 Å². The van der Waals surface area contributed by atoms with Crippen molar-refractivity contribution in [1.82, 2.24) is 30.1 Å². The van der Waals surface area contributed by atoms with E-state index < -0.39 is 6.04 Å². The lowest BCUT2D eigenvalue weighted by Gasteiger charge is -2.39. The van der Waals surface area contributed by atoms with Crippen molar-refractivity contribution in [2.75, 3.05) is 31.1 Å². The molecule has 1 saturated heterocycles. The summed E-state index contributed by atoms with van der Waals surface area (Å²) in [5, 5.41) is 13.9. The number of nitrogens with zero attached hydrogens (tertiary/aromatic N) is 6. The van der Waals surface area contributed by atoms with Crippen LogP contribution < -0.4 is 10.5 Å². The monoisotopic (exact) mass is 487 g/mol. The number of benzene rings is 2. The number of aromatic amines is 1. The fourth-order valence-corrected chi connectivity index (χ4v) is 5.76. The minimum absolute atomic E-state index is 0.131. The Labute approximate surface area is 208 Å². The van der Waals surface area contributed by atoms with Gasteiger partial charge in [-0.1, -0.05) is 36.6 Å². The highest BCUT2D eigenvalue weighted by Crippen LogP contribution is 2.34. The Balaban J connectivity index is 1.40. The van der Waals surface area contributed by atoms with Gasteiger partial charge in [-0.2, -0.15) is 0 Å². The highest BCUT2D eigenvalue weighted by molar-refractivity contribution is 5.79. The summed E-state index contributed by atoms with van der Waals surface area (Å²) in [4.78, 5) is 20.8. The van der Waals surface area contributed by atoms with Crippen LogP contribution in [0.15, 0.2) is 53.3 Å². The Morgan fingerprint density at radius 2 is 1.81 bits per heavy atom. The number of aryl methyl sites for hydroxylation is 1. The second-order valence-corrected chi connectivity index (χ2v) is 9.94. The van der Waals surface area contributed by atoms with E-state index in [9.17, 15) is 9.18 Å². The predicted molar refractivity (Wildman–Crippen MR) is 137 cm³/mol. The number of pyridine rings is 1. The number of nitrogens with one attached hydrogen (secondary N) is 1. The summed E-state index contributed by atoms with van der Waals surface area (Å²) < 4.78 is 16.4.